The lowest BCUT2D eigenvalue weighted by atomic mass is 10.4. The number of hydrogen-bond acceptors (Lipinski definition) is 4. The van der Waals surface area contributed by atoms with Gasteiger partial charge in [-0.05, 0) is 6.07 Å². The van der Waals surface area contributed by atoms with Gasteiger partial charge in [-0.3, -0.25) is 10.1 Å². The highest BCUT2D eigenvalue weighted by Crippen LogP contribution is 2.27. The average Bonchev–Trinajstić information content (AvgIpc) is 2.15. The van der Waals surface area contributed by atoms with Crippen LogP contribution in [0.3, 0.4) is 0 Å². The van der Waals surface area contributed by atoms with E-state index < -0.39 is 35.7 Å². The molecule has 1 heterocycles. The molecule has 0 spiro atoms. The highest BCUT2D eigenvalue weighted by molar-refractivity contribution is 6.29. The Morgan fingerprint density at radius 3 is 2.65 bits per heavy atom. The third kappa shape index (κ3) is 4.43. The number of pyridine rings is 1. The summed E-state index contributed by atoms with van der Waals surface area (Å²) >= 11 is 5.45. The van der Waals surface area contributed by atoms with E-state index >= 15 is 0 Å². The number of nitrogens with zero attached hydrogens (tertiary/aromatic N) is 2. The molecule has 0 fully saturated rings. The normalized spacial score (nSPS) is 11.3. The van der Waals surface area contributed by atoms with Crippen LogP contribution in [0.2, 0.25) is 5.15 Å². The Morgan fingerprint density at radius 2 is 2.12 bits per heavy atom. The second-order valence-electron chi connectivity index (χ2n) is 2.93. The fourth-order valence-corrected chi connectivity index (χ4v) is 1.06. The highest BCUT2D eigenvalue weighted by atomic mass is 35.5. The van der Waals surface area contributed by atoms with Crippen molar-refractivity contribution in [3.8, 4) is 5.88 Å². The number of ether oxygens (including phenoxy) is 1. The summed E-state index contributed by atoms with van der Waals surface area (Å²) in [5, 5.41) is 10.4. The minimum atomic E-state index is -4.40. The van der Waals surface area contributed by atoms with E-state index in [1.54, 1.807) is 0 Å². The predicted octanol–water partition coefficient (Wildman–Crippen LogP) is 2.97. The van der Waals surface area contributed by atoms with Gasteiger partial charge in [0.25, 0.3) is 5.88 Å². The first kappa shape index (κ1) is 13.5. The molecule has 0 bridgehead atoms. The summed E-state index contributed by atoms with van der Waals surface area (Å²) in [5.74, 6) is -0.522. The number of nitro groups is 1. The molecule has 0 aliphatic heterocycles. The first-order chi connectivity index (χ1) is 7.79. The van der Waals surface area contributed by atoms with E-state index in [9.17, 15) is 23.3 Å². The number of alkyl halides is 3. The molecule has 17 heavy (non-hydrogen) atoms. The van der Waals surface area contributed by atoms with Gasteiger partial charge in [-0.1, -0.05) is 11.6 Å². The van der Waals surface area contributed by atoms with E-state index in [4.69, 9.17) is 11.6 Å². The molecule has 1 aromatic rings. The van der Waals surface area contributed by atoms with Crippen molar-refractivity contribution in [2.45, 2.75) is 12.6 Å². The van der Waals surface area contributed by atoms with E-state index in [-0.39, 0.29) is 5.15 Å². The molecule has 1 aromatic heterocycles. The van der Waals surface area contributed by atoms with Crippen LogP contribution >= 0.6 is 11.6 Å². The highest BCUT2D eigenvalue weighted by Gasteiger charge is 2.28. The van der Waals surface area contributed by atoms with Crippen LogP contribution < -0.4 is 4.74 Å². The largest absolute Gasteiger partial charge is 0.472 e. The fourth-order valence-electron chi connectivity index (χ4n) is 0.919. The number of rotatable bonds is 4. The molecule has 0 atom stereocenters. The van der Waals surface area contributed by atoms with Gasteiger partial charge in [0.1, 0.15) is 5.15 Å². The van der Waals surface area contributed by atoms with Crippen molar-refractivity contribution in [2.75, 3.05) is 6.61 Å². The fraction of sp³-hybridized carbons (Fsp3) is 0.375. The lowest BCUT2D eigenvalue weighted by Gasteiger charge is -2.08. The average molecular weight is 271 g/mol. The molecule has 0 aliphatic rings. The van der Waals surface area contributed by atoms with Crippen molar-refractivity contribution in [3.05, 3.63) is 27.4 Å². The molecule has 5 nitrogen and oxygen atoms in total. The minimum Gasteiger partial charge on any atom is -0.472 e. The van der Waals surface area contributed by atoms with Gasteiger partial charge < -0.3 is 4.74 Å². The van der Waals surface area contributed by atoms with Crippen LogP contribution in [0.15, 0.2) is 12.1 Å². The van der Waals surface area contributed by atoms with Crippen LogP contribution in [0.5, 0.6) is 5.88 Å². The monoisotopic (exact) mass is 270 g/mol. The molecule has 0 unspecified atom stereocenters. The topological polar surface area (TPSA) is 65.3 Å². The molecule has 0 aliphatic carbocycles. The van der Waals surface area contributed by atoms with E-state index in [0.29, 0.717) is 0 Å². The molecule has 1 rings (SSSR count). The maximum atomic E-state index is 11.8. The van der Waals surface area contributed by atoms with E-state index in [1.807, 2.05) is 0 Å². The van der Waals surface area contributed by atoms with Crippen molar-refractivity contribution < 1.29 is 22.8 Å². The van der Waals surface area contributed by atoms with Gasteiger partial charge in [-0.15, -0.1) is 0 Å². The molecule has 9 heteroatoms. The summed E-state index contributed by atoms with van der Waals surface area (Å²) in [4.78, 5) is 13.1. The Morgan fingerprint density at radius 1 is 1.47 bits per heavy atom. The molecular weight excluding hydrogens is 265 g/mol. The molecule has 0 amide bonds. The van der Waals surface area contributed by atoms with Crippen molar-refractivity contribution in [3.63, 3.8) is 0 Å². The molecule has 0 radical (unpaired) electrons. The SMILES string of the molecule is O=[N+]([O-])c1ccc(Cl)nc1OCCC(F)(F)F. The lowest BCUT2D eigenvalue weighted by molar-refractivity contribution is -0.386. The van der Waals surface area contributed by atoms with Crippen molar-refractivity contribution in [1.82, 2.24) is 4.98 Å². The summed E-state index contributed by atoms with van der Waals surface area (Å²) in [5.41, 5.74) is -0.531. The van der Waals surface area contributed by atoms with Crippen LogP contribution in [0.1, 0.15) is 6.42 Å². The standard InChI is InChI=1S/C8H6ClF3N2O3/c9-6-2-1-5(14(15)16)7(13-6)17-4-3-8(10,11)12/h1-2H,3-4H2. The smallest absolute Gasteiger partial charge is 0.392 e. The van der Waals surface area contributed by atoms with Gasteiger partial charge in [0.2, 0.25) is 0 Å². The van der Waals surface area contributed by atoms with Crippen LogP contribution in [-0.2, 0) is 0 Å². The zero-order valence-corrected chi connectivity index (χ0v) is 8.96. The van der Waals surface area contributed by atoms with Gasteiger partial charge in [-0.25, -0.2) is 0 Å². The zero-order chi connectivity index (χ0) is 13.1. The van der Waals surface area contributed by atoms with E-state index in [2.05, 4.69) is 9.72 Å². The van der Waals surface area contributed by atoms with Crippen molar-refractivity contribution >= 4 is 17.3 Å². The molecular formula is C8H6ClF3N2O3. The lowest BCUT2D eigenvalue weighted by Crippen LogP contribution is -2.14. The maximum absolute atomic E-state index is 11.8. The molecule has 0 N–H and O–H groups in total. The van der Waals surface area contributed by atoms with Crippen LogP contribution in [-0.4, -0.2) is 22.7 Å². The molecule has 0 aromatic carbocycles. The van der Waals surface area contributed by atoms with Gasteiger partial charge in [0, 0.05) is 6.07 Å². The Kier molecular flexibility index (Phi) is 4.11. The van der Waals surface area contributed by atoms with Gasteiger partial charge >= 0.3 is 11.9 Å². The van der Waals surface area contributed by atoms with Gasteiger partial charge in [0.15, 0.2) is 0 Å². The third-order valence-corrected chi connectivity index (χ3v) is 1.84. The summed E-state index contributed by atoms with van der Waals surface area (Å²) in [6.45, 7) is -0.752. The first-order valence-corrected chi connectivity index (χ1v) is 4.68. The van der Waals surface area contributed by atoms with Crippen LogP contribution in [0.4, 0.5) is 18.9 Å². The second-order valence-corrected chi connectivity index (χ2v) is 3.32. The second kappa shape index (κ2) is 5.17. The van der Waals surface area contributed by atoms with Crippen LogP contribution in [0, 0.1) is 10.1 Å². The summed E-state index contributed by atoms with van der Waals surface area (Å²) in [7, 11) is 0. The van der Waals surface area contributed by atoms with E-state index in [1.165, 1.54) is 0 Å². The first-order valence-electron chi connectivity index (χ1n) is 4.30. The zero-order valence-electron chi connectivity index (χ0n) is 8.20. The quantitative estimate of drug-likeness (QED) is 0.479. The molecule has 0 saturated carbocycles. The third-order valence-electron chi connectivity index (χ3n) is 1.63. The molecule has 0 saturated heterocycles. The van der Waals surface area contributed by atoms with Gasteiger partial charge in [-0.2, -0.15) is 18.2 Å². The van der Waals surface area contributed by atoms with Crippen LogP contribution in [0.25, 0.3) is 0 Å². The number of halogens is 4. The Labute approximate surface area is 98.3 Å². The van der Waals surface area contributed by atoms with Crippen molar-refractivity contribution in [2.24, 2.45) is 0 Å². The van der Waals surface area contributed by atoms with E-state index in [0.717, 1.165) is 12.1 Å². The maximum Gasteiger partial charge on any atom is 0.392 e. The Bertz CT molecular complexity index is 425. The predicted molar refractivity (Wildman–Crippen MR) is 52.1 cm³/mol. The molecule has 94 valence electrons. The summed E-state index contributed by atoms with van der Waals surface area (Å²) in [6.07, 6.45) is -5.62. The summed E-state index contributed by atoms with van der Waals surface area (Å²) in [6, 6.07) is 2.16. The Hall–Kier alpha value is -1.57. The Balaban J connectivity index is 2.75. The van der Waals surface area contributed by atoms with Crippen molar-refractivity contribution in [1.29, 1.82) is 0 Å². The summed E-state index contributed by atoms with van der Waals surface area (Å²) < 4.78 is 40.1. The number of aromatic nitrogens is 1. The minimum absolute atomic E-state index is 0.0994. The van der Waals surface area contributed by atoms with Gasteiger partial charge in [0.05, 0.1) is 18.0 Å². The number of hydrogen-bond donors (Lipinski definition) is 0.